The van der Waals surface area contributed by atoms with Crippen LogP contribution in [0.2, 0.25) is 0 Å². The predicted octanol–water partition coefficient (Wildman–Crippen LogP) is 1.54. The van der Waals surface area contributed by atoms with Crippen LogP contribution in [0.25, 0.3) is 0 Å². The van der Waals surface area contributed by atoms with Crippen molar-refractivity contribution in [3.63, 3.8) is 0 Å². The molecule has 2 N–H and O–H groups in total. The summed E-state index contributed by atoms with van der Waals surface area (Å²) in [7, 11) is 4.40. The van der Waals surface area contributed by atoms with Crippen molar-refractivity contribution in [3.8, 4) is 0 Å². The van der Waals surface area contributed by atoms with E-state index in [1.165, 1.54) is 19.4 Å². The normalized spacial score (nSPS) is 36.8. The molecule has 0 bridgehead atoms. The van der Waals surface area contributed by atoms with Gasteiger partial charge in [-0.1, -0.05) is 13.8 Å². The fourth-order valence-electron chi connectivity index (χ4n) is 3.77. The lowest BCUT2D eigenvalue weighted by Crippen LogP contribution is -2.63. The molecular formula is C16H33N3O. The first-order valence-corrected chi connectivity index (χ1v) is 8.21. The van der Waals surface area contributed by atoms with Crippen LogP contribution in [0.5, 0.6) is 0 Å². The third-order valence-corrected chi connectivity index (χ3v) is 5.40. The molecule has 2 rings (SSSR count). The molecule has 0 radical (unpaired) electrons. The standard InChI is InChI=1S/C16H33N3O/c1-13(2)15-10-16(12-17,7-9-20-15)19-8-5-6-14(11-19)18(3)4/h13-15H,5-12,17H2,1-4H3. The molecule has 0 aliphatic carbocycles. The molecule has 118 valence electrons. The van der Waals surface area contributed by atoms with Crippen LogP contribution in [0, 0.1) is 5.92 Å². The second-order valence-corrected chi connectivity index (χ2v) is 7.24. The van der Waals surface area contributed by atoms with Gasteiger partial charge in [-0.2, -0.15) is 0 Å². The van der Waals surface area contributed by atoms with Crippen molar-refractivity contribution < 1.29 is 4.74 Å². The average Bonchev–Trinajstić information content (AvgIpc) is 2.47. The molecule has 20 heavy (non-hydrogen) atoms. The summed E-state index contributed by atoms with van der Waals surface area (Å²) < 4.78 is 5.97. The molecule has 0 aromatic carbocycles. The minimum Gasteiger partial charge on any atom is -0.378 e. The summed E-state index contributed by atoms with van der Waals surface area (Å²) in [5, 5.41) is 0. The first kappa shape index (κ1) is 16.2. The van der Waals surface area contributed by atoms with E-state index < -0.39 is 0 Å². The molecule has 2 fully saturated rings. The minimum absolute atomic E-state index is 0.169. The van der Waals surface area contributed by atoms with Crippen LogP contribution >= 0.6 is 0 Å². The number of nitrogens with two attached hydrogens (primary N) is 1. The molecule has 4 heteroatoms. The summed E-state index contributed by atoms with van der Waals surface area (Å²) in [6.07, 6.45) is 5.16. The number of likely N-dealkylation sites (N-methyl/N-ethyl adjacent to an activating group) is 1. The summed E-state index contributed by atoms with van der Waals surface area (Å²) >= 11 is 0. The van der Waals surface area contributed by atoms with Crippen molar-refractivity contribution in [2.75, 3.05) is 40.3 Å². The Hall–Kier alpha value is -0.160. The summed E-state index contributed by atoms with van der Waals surface area (Å²) in [6.45, 7) is 8.51. The summed E-state index contributed by atoms with van der Waals surface area (Å²) in [5.74, 6) is 0.579. The maximum absolute atomic E-state index is 6.24. The number of nitrogens with zero attached hydrogens (tertiary/aromatic N) is 2. The maximum atomic E-state index is 6.24. The first-order valence-electron chi connectivity index (χ1n) is 8.21. The molecule has 0 spiro atoms. The Morgan fingerprint density at radius 2 is 2.15 bits per heavy atom. The molecule has 3 unspecified atom stereocenters. The Labute approximate surface area is 124 Å². The number of ether oxygens (including phenoxy) is 1. The van der Waals surface area contributed by atoms with E-state index >= 15 is 0 Å². The number of piperidine rings is 1. The van der Waals surface area contributed by atoms with Gasteiger partial charge in [-0.15, -0.1) is 0 Å². The van der Waals surface area contributed by atoms with Crippen molar-refractivity contribution in [2.45, 2.75) is 57.2 Å². The highest BCUT2D eigenvalue weighted by atomic mass is 16.5. The topological polar surface area (TPSA) is 41.7 Å². The SMILES string of the molecule is CC(C)C1CC(CN)(N2CCCC(N(C)C)C2)CCO1. The van der Waals surface area contributed by atoms with E-state index in [4.69, 9.17) is 10.5 Å². The van der Waals surface area contributed by atoms with Gasteiger partial charge in [0.2, 0.25) is 0 Å². The van der Waals surface area contributed by atoms with Gasteiger partial charge in [0.05, 0.1) is 6.10 Å². The molecule has 0 aromatic rings. The smallest absolute Gasteiger partial charge is 0.0616 e. The molecule has 0 amide bonds. The van der Waals surface area contributed by atoms with E-state index in [0.29, 0.717) is 18.1 Å². The van der Waals surface area contributed by atoms with E-state index in [0.717, 1.165) is 32.5 Å². The van der Waals surface area contributed by atoms with Gasteiger partial charge in [0, 0.05) is 31.3 Å². The Kier molecular flexibility index (Phi) is 5.46. The highest BCUT2D eigenvalue weighted by molar-refractivity contribution is 4.99. The lowest BCUT2D eigenvalue weighted by molar-refractivity contribution is -0.0969. The first-order chi connectivity index (χ1) is 9.48. The van der Waals surface area contributed by atoms with Crippen molar-refractivity contribution >= 4 is 0 Å². The molecule has 4 nitrogen and oxygen atoms in total. The van der Waals surface area contributed by atoms with Gasteiger partial charge >= 0.3 is 0 Å². The molecule has 3 atom stereocenters. The van der Waals surface area contributed by atoms with Gasteiger partial charge in [-0.05, 0) is 52.2 Å². The monoisotopic (exact) mass is 283 g/mol. The van der Waals surface area contributed by atoms with Gasteiger partial charge in [0.1, 0.15) is 0 Å². The van der Waals surface area contributed by atoms with E-state index in [1.54, 1.807) is 0 Å². The number of hydrogen-bond donors (Lipinski definition) is 1. The molecule has 2 aliphatic heterocycles. The fraction of sp³-hybridized carbons (Fsp3) is 1.00. The van der Waals surface area contributed by atoms with Gasteiger partial charge < -0.3 is 15.4 Å². The zero-order valence-electron chi connectivity index (χ0n) is 13.8. The summed E-state index contributed by atoms with van der Waals surface area (Å²) in [5.41, 5.74) is 6.41. The van der Waals surface area contributed by atoms with Gasteiger partial charge in [0.25, 0.3) is 0 Å². The van der Waals surface area contributed by atoms with Crippen LogP contribution in [0.15, 0.2) is 0 Å². The number of rotatable bonds is 4. The molecule has 2 saturated heterocycles. The quantitative estimate of drug-likeness (QED) is 0.850. The molecule has 2 heterocycles. The lowest BCUT2D eigenvalue weighted by atomic mass is 9.80. The minimum atomic E-state index is 0.169. The van der Waals surface area contributed by atoms with Crippen LogP contribution in [0.3, 0.4) is 0 Å². The van der Waals surface area contributed by atoms with Gasteiger partial charge in [-0.3, -0.25) is 4.90 Å². The van der Waals surface area contributed by atoms with Crippen molar-refractivity contribution in [3.05, 3.63) is 0 Å². The van der Waals surface area contributed by atoms with Crippen LogP contribution in [-0.4, -0.2) is 67.8 Å². The summed E-state index contributed by atoms with van der Waals surface area (Å²) in [4.78, 5) is 5.05. The number of hydrogen-bond acceptors (Lipinski definition) is 4. The Morgan fingerprint density at radius 3 is 2.75 bits per heavy atom. The zero-order valence-corrected chi connectivity index (χ0v) is 13.8. The Morgan fingerprint density at radius 1 is 1.40 bits per heavy atom. The molecule has 0 aromatic heterocycles. The van der Waals surface area contributed by atoms with Crippen LogP contribution in [0.1, 0.15) is 39.5 Å². The second-order valence-electron chi connectivity index (χ2n) is 7.24. The van der Waals surface area contributed by atoms with E-state index in [9.17, 15) is 0 Å². The van der Waals surface area contributed by atoms with Gasteiger partial charge in [-0.25, -0.2) is 0 Å². The van der Waals surface area contributed by atoms with Crippen LogP contribution in [-0.2, 0) is 4.74 Å². The molecule has 0 saturated carbocycles. The lowest BCUT2D eigenvalue weighted by Gasteiger charge is -2.52. The fourth-order valence-corrected chi connectivity index (χ4v) is 3.77. The highest BCUT2D eigenvalue weighted by Gasteiger charge is 2.43. The van der Waals surface area contributed by atoms with Crippen molar-refractivity contribution in [1.82, 2.24) is 9.80 Å². The summed E-state index contributed by atoms with van der Waals surface area (Å²) in [6, 6.07) is 0.674. The second kappa shape index (κ2) is 6.73. The van der Waals surface area contributed by atoms with E-state index in [1.807, 2.05) is 0 Å². The molecule has 2 aliphatic rings. The van der Waals surface area contributed by atoms with Crippen LogP contribution in [0.4, 0.5) is 0 Å². The van der Waals surface area contributed by atoms with Crippen molar-refractivity contribution in [2.24, 2.45) is 11.7 Å². The third-order valence-electron chi connectivity index (χ3n) is 5.40. The predicted molar refractivity (Wildman–Crippen MR) is 83.9 cm³/mol. The largest absolute Gasteiger partial charge is 0.378 e. The highest BCUT2D eigenvalue weighted by Crippen LogP contribution is 2.35. The average molecular weight is 283 g/mol. The maximum Gasteiger partial charge on any atom is 0.0616 e. The van der Waals surface area contributed by atoms with Gasteiger partial charge in [0.15, 0.2) is 0 Å². The van der Waals surface area contributed by atoms with E-state index in [-0.39, 0.29) is 5.54 Å². The number of likely N-dealkylation sites (tertiary alicyclic amines) is 1. The van der Waals surface area contributed by atoms with E-state index in [2.05, 4.69) is 37.7 Å². The third kappa shape index (κ3) is 3.35. The van der Waals surface area contributed by atoms with Crippen molar-refractivity contribution in [1.29, 1.82) is 0 Å². The Bertz CT molecular complexity index is 308. The Balaban J connectivity index is 2.09. The zero-order chi connectivity index (χ0) is 14.8. The molecular weight excluding hydrogens is 250 g/mol. The van der Waals surface area contributed by atoms with Crippen LogP contribution < -0.4 is 5.73 Å².